The van der Waals surface area contributed by atoms with Gasteiger partial charge in [0.2, 0.25) is 17.6 Å². The van der Waals surface area contributed by atoms with Crippen molar-refractivity contribution in [3.8, 4) is 11.4 Å². The number of halogens is 1. The average Bonchev–Trinajstić information content (AvgIpc) is 3.16. The third kappa shape index (κ3) is 4.74. The SMILES string of the molecule is CCCn1c(C)ccc(-c2noc(CCC(=O)Nc3cccc(Cl)c3C)n2)c1=O. The van der Waals surface area contributed by atoms with E-state index in [4.69, 9.17) is 16.1 Å². The number of nitrogens with one attached hydrogen (secondary N) is 1. The Morgan fingerprint density at radius 1 is 1.24 bits per heavy atom. The Hall–Kier alpha value is -2.93. The highest BCUT2D eigenvalue weighted by molar-refractivity contribution is 6.31. The highest BCUT2D eigenvalue weighted by atomic mass is 35.5. The molecular formula is C21H23ClN4O3. The molecule has 0 aliphatic heterocycles. The molecule has 0 aliphatic rings. The van der Waals surface area contributed by atoms with Crippen LogP contribution in [0.5, 0.6) is 0 Å². The second-order valence-electron chi connectivity index (χ2n) is 6.82. The molecule has 1 N–H and O–H groups in total. The van der Waals surface area contributed by atoms with E-state index in [1.165, 1.54) is 0 Å². The summed E-state index contributed by atoms with van der Waals surface area (Å²) in [5, 5.41) is 7.34. The Kier molecular flexibility index (Phi) is 6.49. The summed E-state index contributed by atoms with van der Waals surface area (Å²) in [6.07, 6.45) is 1.29. The fourth-order valence-electron chi connectivity index (χ4n) is 2.98. The van der Waals surface area contributed by atoms with Gasteiger partial charge in [0.25, 0.3) is 5.56 Å². The molecule has 3 aromatic rings. The lowest BCUT2D eigenvalue weighted by Gasteiger charge is -2.09. The van der Waals surface area contributed by atoms with Crippen LogP contribution in [0.25, 0.3) is 11.4 Å². The van der Waals surface area contributed by atoms with E-state index in [-0.39, 0.29) is 30.1 Å². The smallest absolute Gasteiger partial charge is 0.261 e. The van der Waals surface area contributed by atoms with E-state index in [0.29, 0.717) is 28.7 Å². The van der Waals surface area contributed by atoms with Gasteiger partial charge in [-0.3, -0.25) is 9.59 Å². The van der Waals surface area contributed by atoms with E-state index in [0.717, 1.165) is 17.7 Å². The van der Waals surface area contributed by atoms with Crippen molar-refractivity contribution < 1.29 is 9.32 Å². The lowest BCUT2D eigenvalue weighted by atomic mass is 10.2. The predicted molar refractivity (Wildman–Crippen MR) is 112 cm³/mol. The number of aromatic nitrogens is 3. The zero-order valence-corrected chi connectivity index (χ0v) is 17.4. The van der Waals surface area contributed by atoms with Crippen molar-refractivity contribution in [3.05, 3.63) is 62.9 Å². The number of hydrogen-bond acceptors (Lipinski definition) is 5. The molecule has 0 aliphatic carbocycles. The van der Waals surface area contributed by atoms with E-state index in [2.05, 4.69) is 15.5 Å². The minimum absolute atomic E-state index is 0.145. The fraction of sp³-hybridized carbons (Fsp3) is 0.333. The first-order valence-electron chi connectivity index (χ1n) is 9.49. The van der Waals surface area contributed by atoms with Crippen molar-refractivity contribution in [2.45, 2.75) is 46.6 Å². The number of amides is 1. The summed E-state index contributed by atoms with van der Waals surface area (Å²) in [6.45, 7) is 6.38. The largest absolute Gasteiger partial charge is 0.339 e. The molecule has 1 aromatic carbocycles. The van der Waals surface area contributed by atoms with Crippen LogP contribution in [0.4, 0.5) is 5.69 Å². The quantitative estimate of drug-likeness (QED) is 0.627. The number of carbonyl (C=O) groups is 1. The van der Waals surface area contributed by atoms with Crippen LogP contribution in [0.15, 0.2) is 39.6 Å². The van der Waals surface area contributed by atoms with Crippen molar-refractivity contribution in [1.82, 2.24) is 14.7 Å². The minimum atomic E-state index is -0.184. The summed E-state index contributed by atoms with van der Waals surface area (Å²) in [5.74, 6) is 0.358. The van der Waals surface area contributed by atoms with Gasteiger partial charge in [-0.25, -0.2) is 0 Å². The summed E-state index contributed by atoms with van der Waals surface area (Å²) in [7, 11) is 0. The Labute approximate surface area is 173 Å². The zero-order chi connectivity index (χ0) is 21.0. The first-order valence-corrected chi connectivity index (χ1v) is 9.87. The van der Waals surface area contributed by atoms with Gasteiger partial charge in [-0.05, 0) is 50.1 Å². The third-order valence-corrected chi connectivity index (χ3v) is 5.07. The van der Waals surface area contributed by atoms with Crippen LogP contribution in [0.3, 0.4) is 0 Å². The molecule has 2 aromatic heterocycles. The second kappa shape index (κ2) is 9.05. The molecule has 3 rings (SSSR count). The standard InChI is InChI=1S/C21H23ClN4O3/c1-4-12-26-13(2)8-9-15(21(26)28)20-24-19(29-25-20)11-10-18(27)23-17-7-5-6-16(22)14(17)3/h5-9H,4,10-12H2,1-3H3,(H,23,27). The molecule has 0 unspecified atom stereocenters. The van der Waals surface area contributed by atoms with E-state index in [1.54, 1.807) is 28.8 Å². The molecule has 152 valence electrons. The van der Waals surface area contributed by atoms with E-state index >= 15 is 0 Å². The summed E-state index contributed by atoms with van der Waals surface area (Å²) in [4.78, 5) is 29.2. The van der Waals surface area contributed by atoms with Crippen molar-refractivity contribution in [2.75, 3.05) is 5.32 Å². The Balaban J connectivity index is 1.68. The van der Waals surface area contributed by atoms with Crippen LogP contribution in [-0.2, 0) is 17.8 Å². The highest BCUT2D eigenvalue weighted by Crippen LogP contribution is 2.23. The molecule has 0 bridgehead atoms. The van der Waals surface area contributed by atoms with Gasteiger partial charge < -0.3 is 14.4 Å². The van der Waals surface area contributed by atoms with E-state index in [9.17, 15) is 9.59 Å². The van der Waals surface area contributed by atoms with Gasteiger partial charge >= 0.3 is 0 Å². The molecule has 7 nitrogen and oxygen atoms in total. The van der Waals surface area contributed by atoms with Gasteiger partial charge in [-0.2, -0.15) is 4.98 Å². The van der Waals surface area contributed by atoms with Crippen LogP contribution < -0.4 is 10.9 Å². The molecule has 0 atom stereocenters. The minimum Gasteiger partial charge on any atom is -0.339 e. The molecule has 0 fully saturated rings. The molecule has 0 saturated carbocycles. The van der Waals surface area contributed by atoms with Gasteiger partial charge in [-0.15, -0.1) is 0 Å². The number of pyridine rings is 1. The lowest BCUT2D eigenvalue weighted by Crippen LogP contribution is -2.23. The summed E-state index contributed by atoms with van der Waals surface area (Å²) in [6, 6.07) is 8.91. The molecule has 8 heteroatoms. The first-order chi connectivity index (χ1) is 13.9. The topological polar surface area (TPSA) is 90.0 Å². The maximum Gasteiger partial charge on any atom is 0.261 e. The summed E-state index contributed by atoms with van der Waals surface area (Å²) >= 11 is 6.07. The van der Waals surface area contributed by atoms with Crippen LogP contribution >= 0.6 is 11.6 Å². The number of nitrogens with zero attached hydrogens (tertiary/aromatic N) is 3. The fourth-order valence-corrected chi connectivity index (χ4v) is 3.16. The predicted octanol–water partition coefficient (Wildman–Crippen LogP) is 4.15. The van der Waals surface area contributed by atoms with Crippen LogP contribution in [0.1, 0.15) is 36.9 Å². The van der Waals surface area contributed by atoms with Gasteiger partial charge in [0, 0.05) is 35.8 Å². The number of aryl methyl sites for hydroxylation is 2. The molecule has 0 saturated heterocycles. The molecule has 0 spiro atoms. The Morgan fingerprint density at radius 3 is 2.79 bits per heavy atom. The maximum atomic E-state index is 12.7. The van der Waals surface area contributed by atoms with Crippen LogP contribution in [0, 0.1) is 13.8 Å². The van der Waals surface area contributed by atoms with Crippen molar-refractivity contribution in [2.24, 2.45) is 0 Å². The van der Waals surface area contributed by atoms with Crippen molar-refractivity contribution in [1.29, 1.82) is 0 Å². The molecule has 2 heterocycles. The summed E-state index contributed by atoms with van der Waals surface area (Å²) in [5.41, 5.74) is 2.61. The normalized spacial score (nSPS) is 10.9. The van der Waals surface area contributed by atoms with Crippen LogP contribution in [-0.4, -0.2) is 20.6 Å². The van der Waals surface area contributed by atoms with Crippen molar-refractivity contribution in [3.63, 3.8) is 0 Å². The number of hydrogen-bond donors (Lipinski definition) is 1. The Morgan fingerprint density at radius 2 is 2.03 bits per heavy atom. The number of rotatable bonds is 7. The zero-order valence-electron chi connectivity index (χ0n) is 16.7. The number of benzene rings is 1. The average molecular weight is 415 g/mol. The monoisotopic (exact) mass is 414 g/mol. The lowest BCUT2D eigenvalue weighted by molar-refractivity contribution is -0.116. The highest BCUT2D eigenvalue weighted by Gasteiger charge is 2.15. The molecular weight excluding hydrogens is 392 g/mol. The van der Waals surface area contributed by atoms with Gasteiger partial charge in [-0.1, -0.05) is 29.7 Å². The number of anilines is 1. The van der Waals surface area contributed by atoms with E-state index in [1.807, 2.05) is 26.8 Å². The molecule has 1 amide bonds. The molecule has 0 radical (unpaired) electrons. The molecule has 29 heavy (non-hydrogen) atoms. The first kappa shape index (κ1) is 20.8. The van der Waals surface area contributed by atoms with E-state index < -0.39 is 0 Å². The van der Waals surface area contributed by atoms with Gasteiger partial charge in [0.05, 0.1) is 5.56 Å². The van der Waals surface area contributed by atoms with Gasteiger partial charge in [0.15, 0.2) is 0 Å². The Bertz CT molecular complexity index is 1090. The second-order valence-corrected chi connectivity index (χ2v) is 7.22. The summed E-state index contributed by atoms with van der Waals surface area (Å²) < 4.78 is 6.94. The van der Waals surface area contributed by atoms with Crippen LogP contribution in [0.2, 0.25) is 5.02 Å². The number of carbonyl (C=O) groups excluding carboxylic acids is 1. The maximum absolute atomic E-state index is 12.7. The third-order valence-electron chi connectivity index (χ3n) is 4.66. The van der Waals surface area contributed by atoms with Gasteiger partial charge in [0.1, 0.15) is 0 Å². The van der Waals surface area contributed by atoms with Crippen molar-refractivity contribution >= 4 is 23.2 Å².